The molecule has 0 saturated heterocycles. The quantitative estimate of drug-likeness (QED) is 0.689. The molecule has 3 rings (SSSR count). The summed E-state index contributed by atoms with van der Waals surface area (Å²) in [5, 5.41) is 18.4. The third kappa shape index (κ3) is 3.62. The molecule has 0 aliphatic rings. The molecule has 0 aliphatic carbocycles. The van der Waals surface area contributed by atoms with Crippen molar-refractivity contribution in [1.29, 1.82) is 5.26 Å². The number of amides is 1. The highest BCUT2D eigenvalue weighted by atomic mass is 32.1. The largest absolute Gasteiger partial charge is 0.382 e. The molecular weight excluding hydrogens is 332 g/mol. The molecule has 2 aromatic heterocycles. The highest BCUT2D eigenvalue weighted by Crippen LogP contribution is 2.28. The molecule has 0 fully saturated rings. The third-order valence-electron chi connectivity index (χ3n) is 3.88. The smallest absolute Gasteiger partial charge is 0.261 e. The lowest BCUT2D eigenvalue weighted by atomic mass is 10.0. The Kier molecular flexibility index (Phi) is 4.96. The second-order valence-electron chi connectivity index (χ2n) is 5.80. The van der Waals surface area contributed by atoms with Crippen LogP contribution in [0.3, 0.4) is 0 Å². The van der Waals surface area contributed by atoms with Gasteiger partial charge in [-0.2, -0.15) is 5.26 Å². The monoisotopic (exact) mass is 350 g/mol. The Morgan fingerprint density at radius 3 is 2.88 bits per heavy atom. The molecule has 25 heavy (non-hydrogen) atoms. The molecule has 2 N–H and O–H groups in total. The number of hydrogen-bond donors (Lipinski definition) is 2. The van der Waals surface area contributed by atoms with Crippen LogP contribution in [0.5, 0.6) is 0 Å². The number of carbonyl (C=O) groups excluding carboxylic acids is 1. The van der Waals surface area contributed by atoms with Crippen LogP contribution >= 0.6 is 11.3 Å². The minimum Gasteiger partial charge on any atom is -0.382 e. The highest BCUT2D eigenvalue weighted by Gasteiger charge is 2.11. The molecule has 5 nitrogen and oxygen atoms in total. The maximum absolute atomic E-state index is 12.0. The molecule has 0 unspecified atom stereocenters. The summed E-state index contributed by atoms with van der Waals surface area (Å²) in [7, 11) is 0. The Balaban J connectivity index is 1.76. The van der Waals surface area contributed by atoms with Crippen LogP contribution in [0.1, 0.15) is 26.4 Å². The minimum atomic E-state index is -0.0800. The number of nitrogens with one attached hydrogen (secondary N) is 2. The SMILES string of the molecule is Cc1cc(C)c2ncc(C#N)c(NCCNC(=O)c3cccs3)c2c1. The number of nitriles is 1. The first kappa shape index (κ1) is 16.9. The van der Waals surface area contributed by atoms with Gasteiger partial charge < -0.3 is 10.6 Å². The first-order valence-electron chi connectivity index (χ1n) is 7.96. The van der Waals surface area contributed by atoms with E-state index in [0.717, 1.165) is 27.7 Å². The van der Waals surface area contributed by atoms with E-state index in [2.05, 4.69) is 27.8 Å². The van der Waals surface area contributed by atoms with Crippen LogP contribution < -0.4 is 10.6 Å². The number of anilines is 1. The summed E-state index contributed by atoms with van der Waals surface area (Å²) in [6.07, 6.45) is 1.59. The molecule has 6 heteroatoms. The molecular formula is C19H18N4OS. The van der Waals surface area contributed by atoms with Crippen molar-refractivity contribution in [2.45, 2.75) is 13.8 Å². The number of thiophene rings is 1. The zero-order chi connectivity index (χ0) is 17.8. The Hall–Kier alpha value is -2.91. The fourth-order valence-electron chi connectivity index (χ4n) is 2.79. The molecule has 0 atom stereocenters. The van der Waals surface area contributed by atoms with Gasteiger partial charge in [0.1, 0.15) is 6.07 Å². The van der Waals surface area contributed by atoms with E-state index in [0.29, 0.717) is 23.5 Å². The zero-order valence-corrected chi connectivity index (χ0v) is 14.9. The van der Waals surface area contributed by atoms with E-state index >= 15 is 0 Å². The van der Waals surface area contributed by atoms with Crippen LogP contribution in [0.4, 0.5) is 5.69 Å². The van der Waals surface area contributed by atoms with Gasteiger partial charge in [-0.3, -0.25) is 9.78 Å². The summed E-state index contributed by atoms with van der Waals surface area (Å²) in [5.41, 5.74) is 4.35. The summed E-state index contributed by atoms with van der Waals surface area (Å²) < 4.78 is 0. The number of fused-ring (bicyclic) bond motifs is 1. The molecule has 3 aromatic rings. The number of hydrogen-bond acceptors (Lipinski definition) is 5. The van der Waals surface area contributed by atoms with E-state index in [1.54, 1.807) is 12.3 Å². The lowest BCUT2D eigenvalue weighted by molar-refractivity contribution is 0.0959. The highest BCUT2D eigenvalue weighted by molar-refractivity contribution is 7.12. The molecule has 0 spiro atoms. The standard InChI is InChI=1S/C19H18N4OS/c1-12-8-13(2)17-15(9-12)18(14(10-20)11-23-17)21-5-6-22-19(24)16-4-3-7-25-16/h3-4,7-9,11H,5-6H2,1-2H3,(H,21,23)(H,22,24). The first-order chi connectivity index (χ1) is 12.1. The van der Waals surface area contributed by atoms with E-state index in [9.17, 15) is 10.1 Å². The van der Waals surface area contributed by atoms with Crippen molar-refractivity contribution >= 4 is 33.8 Å². The van der Waals surface area contributed by atoms with Crippen LogP contribution in [0.15, 0.2) is 35.8 Å². The maximum Gasteiger partial charge on any atom is 0.261 e. The number of nitrogens with zero attached hydrogens (tertiary/aromatic N) is 2. The van der Waals surface area contributed by atoms with Gasteiger partial charge in [0.25, 0.3) is 5.91 Å². The molecule has 2 heterocycles. The molecule has 0 radical (unpaired) electrons. The van der Waals surface area contributed by atoms with Crippen molar-refractivity contribution in [3.05, 3.63) is 57.4 Å². The van der Waals surface area contributed by atoms with E-state index < -0.39 is 0 Å². The van der Waals surface area contributed by atoms with E-state index in [1.807, 2.05) is 31.4 Å². The number of carbonyl (C=O) groups is 1. The average molecular weight is 350 g/mol. The van der Waals surface area contributed by atoms with Crippen molar-refractivity contribution in [2.24, 2.45) is 0 Å². The molecule has 126 valence electrons. The summed E-state index contributed by atoms with van der Waals surface area (Å²) in [4.78, 5) is 17.1. The summed E-state index contributed by atoms with van der Waals surface area (Å²) in [6.45, 7) is 5.03. The Bertz CT molecular complexity index is 958. The Labute approximate surface area is 150 Å². The summed E-state index contributed by atoms with van der Waals surface area (Å²) in [5.74, 6) is -0.0800. The maximum atomic E-state index is 12.0. The normalized spacial score (nSPS) is 10.4. The Morgan fingerprint density at radius 1 is 1.32 bits per heavy atom. The lowest BCUT2D eigenvalue weighted by Crippen LogP contribution is -2.28. The predicted octanol–water partition coefficient (Wildman–Crippen LogP) is 3.63. The van der Waals surface area contributed by atoms with Gasteiger partial charge in [-0.25, -0.2) is 0 Å². The van der Waals surface area contributed by atoms with Crippen LogP contribution in [0.2, 0.25) is 0 Å². The second-order valence-corrected chi connectivity index (χ2v) is 6.74. The number of benzene rings is 1. The van der Waals surface area contributed by atoms with Gasteiger partial charge in [0.05, 0.1) is 21.6 Å². The van der Waals surface area contributed by atoms with Crippen molar-refractivity contribution in [2.75, 3.05) is 18.4 Å². The number of aromatic nitrogens is 1. The fraction of sp³-hybridized carbons (Fsp3) is 0.211. The number of aryl methyl sites for hydroxylation is 2. The zero-order valence-electron chi connectivity index (χ0n) is 14.1. The van der Waals surface area contributed by atoms with Gasteiger partial charge >= 0.3 is 0 Å². The van der Waals surface area contributed by atoms with Gasteiger partial charge in [0.15, 0.2) is 0 Å². The van der Waals surface area contributed by atoms with E-state index in [1.165, 1.54) is 11.3 Å². The number of pyridine rings is 1. The second kappa shape index (κ2) is 7.32. The van der Waals surface area contributed by atoms with E-state index in [-0.39, 0.29) is 5.91 Å². The summed E-state index contributed by atoms with van der Waals surface area (Å²) in [6, 6.07) is 9.94. The predicted molar refractivity (Wildman–Crippen MR) is 101 cm³/mol. The van der Waals surface area contributed by atoms with E-state index in [4.69, 9.17) is 0 Å². The number of rotatable bonds is 5. The lowest BCUT2D eigenvalue weighted by Gasteiger charge is -2.13. The summed E-state index contributed by atoms with van der Waals surface area (Å²) >= 11 is 1.41. The van der Waals surface area contributed by atoms with Gasteiger partial charge in [0.2, 0.25) is 0 Å². The molecule has 0 saturated carbocycles. The van der Waals surface area contributed by atoms with Crippen LogP contribution in [0.25, 0.3) is 10.9 Å². The molecule has 0 bridgehead atoms. The third-order valence-corrected chi connectivity index (χ3v) is 4.75. The van der Waals surface area contributed by atoms with Crippen molar-refractivity contribution in [3.63, 3.8) is 0 Å². The van der Waals surface area contributed by atoms with Crippen LogP contribution in [-0.2, 0) is 0 Å². The van der Waals surface area contributed by atoms with Gasteiger partial charge in [0, 0.05) is 24.7 Å². The van der Waals surface area contributed by atoms with Gasteiger partial charge in [-0.05, 0) is 36.9 Å². The van der Waals surface area contributed by atoms with Crippen molar-refractivity contribution in [1.82, 2.24) is 10.3 Å². The van der Waals surface area contributed by atoms with Gasteiger partial charge in [-0.15, -0.1) is 11.3 Å². The minimum absolute atomic E-state index is 0.0800. The molecule has 1 aromatic carbocycles. The fourth-order valence-corrected chi connectivity index (χ4v) is 3.43. The van der Waals surface area contributed by atoms with Gasteiger partial charge in [-0.1, -0.05) is 17.7 Å². The first-order valence-corrected chi connectivity index (χ1v) is 8.83. The topological polar surface area (TPSA) is 77.8 Å². The molecule has 1 amide bonds. The van der Waals surface area contributed by atoms with Crippen molar-refractivity contribution in [3.8, 4) is 6.07 Å². The average Bonchev–Trinajstić information content (AvgIpc) is 3.13. The Morgan fingerprint density at radius 2 is 2.16 bits per heavy atom. The van der Waals surface area contributed by atoms with Crippen LogP contribution in [0, 0.1) is 25.2 Å². The van der Waals surface area contributed by atoms with Crippen molar-refractivity contribution < 1.29 is 4.79 Å². The van der Waals surface area contributed by atoms with Crippen LogP contribution in [-0.4, -0.2) is 24.0 Å². The molecule has 0 aliphatic heterocycles.